The number of hydrogen-bond acceptors (Lipinski definition) is 11. The number of esters is 1. The summed E-state index contributed by atoms with van der Waals surface area (Å²) in [6.45, 7) is 7.33. The van der Waals surface area contributed by atoms with E-state index in [1.54, 1.807) is 20.8 Å². The molecule has 210 valence electrons. The molecule has 12 heteroatoms. The quantitative estimate of drug-likeness (QED) is 0.325. The summed E-state index contributed by atoms with van der Waals surface area (Å²) >= 11 is 0. The molecule has 5 atom stereocenters. The Morgan fingerprint density at radius 1 is 1.15 bits per heavy atom. The van der Waals surface area contributed by atoms with Crippen molar-refractivity contribution in [3.05, 3.63) is 68.8 Å². The van der Waals surface area contributed by atoms with Gasteiger partial charge in [-0.15, -0.1) is 0 Å². The van der Waals surface area contributed by atoms with Crippen LogP contribution in [0.5, 0.6) is 0 Å². The van der Waals surface area contributed by atoms with Gasteiger partial charge in [-0.3, -0.25) is 19.2 Å². The first kappa shape index (κ1) is 27.4. The van der Waals surface area contributed by atoms with Gasteiger partial charge in [0.2, 0.25) is 12.1 Å². The minimum Gasteiger partial charge on any atom is -0.480 e. The Bertz CT molecular complexity index is 1500. The first-order valence-corrected chi connectivity index (χ1v) is 12.5. The largest absolute Gasteiger partial charge is 0.480 e. The maximum absolute atomic E-state index is 13.9. The summed E-state index contributed by atoms with van der Waals surface area (Å²) in [5.41, 5.74) is -2.36. The summed E-state index contributed by atoms with van der Waals surface area (Å²) < 4.78 is 16.8. The number of aliphatic carboxylic acids is 1. The Hall–Kier alpha value is -4.13. The van der Waals surface area contributed by atoms with Crippen LogP contribution >= 0.6 is 0 Å². The summed E-state index contributed by atoms with van der Waals surface area (Å²) in [6, 6.07) is 0. The molecule has 0 saturated carbocycles. The lowest BCUT2D eigenvalue weighted by Crippen LogP contribution is -2.66. The average molecular weight is 554 g/mol. The molecule has 3 aliphatic heterocycles. The lowest BCUT2D eigenvalue weighted by atomic mass is 9.79. The number of hydrogen-bond donors (Lipinski definition) is 3. The third-order valence-corrected chi connectivity index (χ3v) is 7.85. The van der Waals surface area contributed by atoms with Gasteiger partial charge in [0, 0.05) is 39.3 Å². The highest BCUT2D eigenvalue weighted by atomic mass is 16.7. The van der Waals surface area contributed by atoms with E-state index in [-0.39, 0.29) is 27.9 Å². The van der Waals surface area contributed by atoms with Crippen molar-refractivity contribution in [2.75, 3.05) is 6.54 Å². The minimum atomic E-state index is -2.60. The molecule has 12 nitrogen and oxygen atoms in total. The lowest BCUT2D eigenvalue weighted by Gasteiger charge is -2.45. The molecule has 0 aromatic carbocycles. The monoisotopic (exact) mass is 553 g/mol. The van der Waals surface area contributed by atoms with Crippen molar-refractivity contribution in [2.45, 2.75) is 64.8 Å². The van der Waals surface area contributed by atoms with Gasteiger partial charge in [-0.1, -0.05) is 6.08 Å². The number of aliphatic hydroxyl groups is 2. The highest BCUT2D eigenvalue weighted by molar-refractivity contribution is 6.34. The standard InChI is InChI=1S/C28H27NO11/c1-6-10(2)26(36)39-23-13(5)38-27-28(37,25(23)35)20-16(30)8-15-19(22(34)24(20)40-27)14-7-11(3)29(9-17(31)32)12(4)18(14)21(15)33/h6-8,13,23,25,27,35,37H,9H2,1-5H3,(H,31,32)/b10-6-/t13-,23?,25-,27+,28-/m1/s1. The number of ether oxygens (including phenoxy) is 3. The second-order valence-corrected chi connectivity index (χ2v) is 10.2. The number of carbonyl (C=O) groups excluding carboxylic acids is 4. The van der Waals surface area contributed by atoms with Crippen LogP contribution in [0.1, 0.15) is 34.6 Å². The van der Waals surface area contributed by atoms with Crippen LogP contribution in [0.4, 0.5) is 0 Å². The van der Waals surface area contributed by atoms with E-state index in [0.29, 0.717) is 11.4 Å². The zero-order valence-corrected chi connectivity index (χ0v) is 22.3. The zero-order valence-electron chi connectivity index (χ0n) is 22.3. The number of carboxylic acid groups (broad SMARTS) is 1. The Morgan fingerprint density at radius 2 is 1.82 bits per heavy atom. The molecular weight excluding hydrogens is 526 g/mol. The van der Waals surface area contributed by atoms with Gasteiger partial charge in [0.05, 0.1) is 11.7 Å². The molecule has 0 bridgehead atoms. The molecular formula is C28H27NO11. The number of nitrogens with zero attached hydrogens (tertiary/aromatic N) is 1. The Morgan fingerprint density at radius 3 is 2.45 bits per heavy atom. The van der Waals surface area contributed by atoms with E-state index in [2.05, 4.69) is 0 Å². The molecule has 0 radical (unpaired) electrons. The molecule has 1 saturated heterocycles. The first-order valence-electron chi connectivity index (χ1n) is 12.5. The van der Waals surface area contributed by atoms with Gasteiger partial charge in [0.1, 0.15) is 12.6 Å². The van der Waals surface area contributed by atoms with Crippen molar-refractivity contribution in [2.24, 2.45) is 0 Å². The number of allylic oxidation sites excluding steroid dienone is 9. The molecule has 3 N–H and O–H groups in total. The van der Waals surface area contributed by atoms with Gasteiger partial charge in [0.25, 0.3) is 0 Å². The smallest absolute Gasteiger partial charge is 0.333 e. The molecule has 5 rings (SSSR count). The number of fused-ring (bicyclic) bond motifs is 4. The summed E-state index contributed by atoms with van der Waals surface area (Å²) in [5.74, 6) is -5.04. The second-order valence-electron chi connectivity index (χ2n) is 10.2. The first-order chi connectivity index (χ1) is 18.7. The summed E-state index contributed by atoms with van der Waals surface area (Å²) in [7, 11) is 0. The van der Waals surface area contributed by atoms with Crippen molar-refractivity contribution in [1.29, 1.82) is 0 Å². The number of ketones is 3. The predicted octanol–water partition coefficient (Wildman–Crippen LogP) is 0.521. The molecule has 0 aromatic heterocycles. The molecule has 3 heterocycles. The zero-order chi connectivity index (χ0) is 29.4. The van der Waals surface area contributed by atoms with Crippen LogP contribution in [0.25, 0.3) is 0 Å². The van der Waals surface area contributed by atoms with Crippen molar-refractivity contribution in [3.63, 3.8) is 0 Å². The fraction of sp³-hybridized carbons (Fsp3) is 0.393. The van der Waals surface area contributed by atoms with E-state index >= 15 is 0 Å². The van der Waals surface area contributed by atoms with Gasteiger partial charge in [-0.25, -0.2) is 4.79 Å². The molecule has 1 unspecified atom stereocenters. The normalized spacial score (nSPS) is 31.7. The van der Waals surface area contributed by atoms with Crippen molar-refractivity contribution >= 4 is 29.3 Å². The van der Waals surface area contributed by atoms with Crippen LogP contribution in [0, 0.1) is 0 Å². The summed E-state index contributed by atoms with van der Waals surface area (Å²) in [4.78, 5) is 66.2. The molecule has 0 aromatic rings. The Balaban J connectivity index is 1.62. The highest BCUT2D eigenvalue weighted by Gasteiger charge is 2.66. The predicted molar refractivity (Wildman–Crippen MR) is 134 cm³/mol. The SMILES string of the molecule is C/C=C(/C)C(=O)OC1[C@@H](O)[C@]2(O)C3=C(O[C@@H]2O[C@@H]1C)C(=O)C1=C2C=C(C)N(CC(=O)O)C(C)=C2C(=O)C1=CC3=O. The lowest BCUT2D eigenvalue weighted by molar-refractivity contribution is -0.301. The molecule has 0 amide bonds. The third kappa shape index (κ3) is 3.67. The molecule has 5 aliphatic rings. The van der Waals surface area contributed by atoms with Gasteiger partial charge in [-0.2, -0.15) is 0 Å². The van der Waals surface area contributed by atoms with E-state index < -0.39 is 77.4 Å². The maximum Gasteiger partial charge on any atom is 0.333 e. The van der Waals surface area contributed by atoms with Crippen LogP contribution in [-0.4, -0.2) is 86.3 Å². The van der Waals surface area contributed by atoms with Crippen LogP contribution < -0.4 is 0 Å². The van der Waals surface area contributed by atoms with Crippen LogP contribution in [-0.2, 0) is 38.2 Å². The number of aliphatic hydroxyl groups excluding tert-OH is 1. The molecule has 40 heavy (non-hydrogen) atoms. The van der Waals surface area contributed by atoms with Gasteiger partial charge in [0.15, 0.2) is 29.0 Å². The summed E-state index contributed by atoms with van der Waals surface area (Å²) in [5, 5.41) is 32.2. The van der Waals surface area contributed by atoms with Crippen LogP contribution in [0.3, 0.4) is 0 Å². The van der Waals surface area contributed by atoms with E-state index in [9.17, 15) is 39.3 Å². The van der Waals surface area contributed by atoms with Gasteiger partial charge >= 0.3 is 11.9 Å². The molecule has 1 fully saturated rings. The average Bonchev–Trinajstić information content (AvgIpc) is 3.30. The molecule has 2 aliphatic carbocycles. The van der Waals surface area contributed by atoms with Gasteiger partial charge < -0.3 is 34.4 Å². The number of carbonyl (C=O) groups is 5. The third-order valence-electron chi connectivity index (χ3n) is 7.85. The fourth-order valence-corrected chi connectivity index (χ4v) is 5.63. The Labute approximate surface area is 228 Å². The molecule has 0 spiro atoms. The second kappa shape index (κ2) is 9.22. The fourth-order valence-electron chi connectivity index (χ4n) is 5.63. The van der Waals surface area contributed by atoms with E-state index in [1.165, 1.54) is 30.9 Å². The number of Topliss-reactive ketones (excluding diaryl/α,β-unsaturated/α-hetero) is 2. The topological polar surface area (TPSA) is 177 Å². The summed E-state index contributed by atoms with van der Waals surface area (Å²) in [6.07, 6.45) is -2.16. The maximum atomic E-state index is 13.9. The van der Waals surface area contributed by atoms with Gasteiger partial charge in [-0.05, 0) is 46.8 Å². The Kier molecular flexibility index (Phi) is 6.32. The van der Waals surface area contributed by atoms with Crippen LogP contribution in [0.2, 0.25) is 0 Å². The van der Waals surface area contributed by atoms with Crippen molar-refractivity contribution < 1.29 is 53.5 Å². The number of carboxylic acids is 1. The number of rotatable bonds is 4. The van der Waals surface area contributed by atoms with Crippen molar-refractivity contribution in [3.8, 4) is 0 Å². The minimum absolute atomic E-state index is 0.0728. The van der Waals surface area contributed by atoms with Crippen LogP contribution in [0.15, 0.2) is 68.8 Å². The van der Waals surface area contributed by atoms with E-state index in [4.69, 9.17) is 14.2 Å². The van der Waals surface area contributed by atoms with Crippen molar-refractivity contribution in [1.82, 2.24) is 4.90 Å². The van der Waals surface area contributed by atoms with E-state index in [0.717, 1.165) is 6.08 Å². The van der Waals surface area contributed by atoms with E-state index in [1.807, 2.05) is 0 Å². The highest BCUT2D eigenvalue weighted by Crippen LogP contribution is 2.50.